The van der Waals surface area contributed by atoms with Crippen LogP contribution in [0.25, 0.3) is 0 Å². The van der Waals surface area contributed by atoms with Gasteiger partial charge < -0.3 is 0 Å². The van der Waals surface area contributed by atoms with Crippen LogP contribution in [0.1, 0.15) is 16.8 Å². The zero-order chi connectivity index (χ0) is 17.4. The molecule has 0 aliphatic rings. The summed E-state index contributed by atoms with van der Waals surface area (Å²) in [5.41, 5.74) is 3.56. The van der Waals surface area contributed by atoms with Crippen molar-refractivity contribution in [2.45, 2.75) is 18.5 Å². The first-order chi connectivity index (χ1) is 11.4. The van der Waals surface area contributed by atoms with Crippen molar-refractivity contribution in [3.05, 3.63) is 78.1 Å². The molecule has 0 unspecified atom stereocenters. The molecule has 0 spiro atoms. The van der Waals surface area contributed by atoms with Crippen LogP contribution in [0.5, 0.6) is 0 Å². The molecule has 3 rings (SSSR count). The van der Waals surface area contributed by atoms with Crippen LogP contribution in [0, 0.1) is 13.0 Å². The molecule has 1 N–H and O–H groups in total. The Morgan fingerprint density at radius 3 is 2.36 bits per heavy atom. The van der Waals surface area contributed by atoms with Crippen LogP contribution in [0.2, 0.25) is 0 Å². The summed E-state index contributed by atoms with van der Waals surface area (Å²) >= 11 is 0. The zero-order valence-electron chi connectivity index (χ0n) is 13.2. The molecule has 0 aliphatic carbocycles. The maximum atomic E-state index is 10.2. The summed E-state index contributed by atoms with van der Waals surface area (Å²) in [4.78, 5) is 14.0. The number of hydrogen-bond acceptors (Lipinski definition) is 6. The minimum Gasteiger partial charge on any atom is -0.279 e. The first kappa shape index (κ1) is 21.0. The summed E-state index contributed by atoms with van der Waals surface area (Å²) in [6.45, 7) is 2.09. The molecule has 0 aliphatic heterocycles. The number of pyridine rings is 1. The molecule has 1 radical (unpaired) electrons. The van der Waals surface area contributed by atoms with E-state index in [9.17, 15) is 8.42 Å². The number of aryl methyl sites for hydroxylation is 1. The van der Waals surface area contributed by atoms with Gasteiger partial charge in [0.15, 0.2) is 0 Å². The predicted octanol–water partition coefficient (Wildman–Crippen LogP) is 1.90. The van der Waals surface area contributed by atoms with E-state index in [2.05, 4.69) is 45.1 Å². The molecule has 0 amide bonds. The van der Waals surface area contributed by atoms with Gasteiger partial charge in [0.25, 0.3) is 5.16 Å². The van der Waals surface area contributed by atoms with Crippen LogP contribution in [0.3, 0.4) is 0 Å². The third-order valence-corrected chi connectivity index (χ3v) is 3.49. The van der Waals surface area contributed by atoms with Crippen molar-refractivity contribution in [1.82, 2.24) is 19.9 Å². The first-order valence-electron chi connectivity index (χ1n) is 6.92. The van der Waals surface area contributed by atoms with Crippen LogP contribution in [0.4, 0.5) is 0 Å². The average Bonchev–Trinajstić information content (AvgIpc) is 2.56. The van der Waals surface area contributed by atoms with E-state index in [0.717, 1.165) is 24.8 Å². The SMILES string of the molecule is Cc1cc[c-]c(Cc2ccccn2)c1.O=S(=O)(O)c1ncncn1.[Ir]. The Balaban J connectivity index is 0.000000254. The van der Waals surface area contributed by atoms with Crippen molar-refractivity contribution in [2.24, 2.45) is 0 Å². The van der Waals surface area contributed by atoms with E-state index in [1.165, 1.54) is 11.1 Å². The number of benzene rings is 1. The molecule has 1 aromatic carbocycles. The molecule has 2 heterocycles. The van der Waals surface area contributed by atoms with Crippen molar-refractivity contribution in [2.75, 3.05) is 0 Å². The molecule has 0 saturated carbocycles. The Morgan fingerprint density at radius 2 is 1.84 bits per heavy atom. The molecule has 25 heavy (non-hydrogen) atoms. The molecule has 0 fully saturated rings. The Morgan fingerprint density at radius 1 is 1.12 bits per heavy atom. The smallest absolute Gasteiger partial charge is 0.279 e. The van der Waals surface area contributed by atoms with Gasteiger partial charge in [0.2, 0.25) is 0 Å². The Labute approximate surface area is 159 Å². The third-order valence-electron chi connectivity index (χ3n) is 2.81. The van der Waals surface area contributed by atoms with Crippen molar-refractivity contribution >= 4 is 10.1 Å². The van der Waals surface area contributed by atoms with E-state index in [-0.39, 0.29) is 20.1 Å². The average molecular weight is 536 g/mol. The van der Waals surface area contributed by atoms with Gasteiger partial charge >= 0.3 is 10.1 Å². The predicted molar refractivity (Wildman–Crippen MR) is 86.7 cm³/mol. The van der Waals surface area contributed by atoms with E-state index in [1.807, 2.05) is 30.5 Å². The second-order valence-corrected chi connectivity index (χ2v) is 6.10. The number of aromatic nitrogens is 4. The van der Waals surface area contributed by atoms with Crippen molar-refractivity contribution in [3.8, 4) is 0 Å². The first-order valence-corrected chi connectivity index (χ1v) is 8.36. The number of nitrogens with zero attached hydrogens (tertiary/aromatic N) is 4. The Hall–Kier alpha value is -2.06. The van der Waals surface area contributed by atoms with Gasteiger partial charge in [-0.2, -0.15) is 43.8 Å². The summed E-state index contributed by atoms with van der Waals surface area (Å²) in [6, 6.07) is 15.4. The van der Waals surface area contributed by atoms with Crippen LogP contribution in [0.15, 0.2) is 60.4 Å². The fourth-order valence-electron chi connectivity index (χ4n) is 1.81. The quantitative estimate of drug-likeness (QED) is 0.403. The van der Waals surface area contributed by atoms with Crippen LogP contribution in [-0.4, -0.2) is 32.9 Å². The molecule has 0 bridgehead atoms. The van der Waals surface area contributed by atoms with Gasteiger partial charge in [0.05, 0.1) is 0 Å². The standard InChI is InChI=1S/C13H12N.C3H3N3O3S.Ir/c1-11-5-4-6-12(9-11)10-13-7-2-3-8-14-13;7-10(8,9)3-5-1-4-2-6-3;/h2-5,7-9H,10H2,1H3;1-2H,(H,7,8,9);/q-1;;. The van der Waals surface area contributed by atoms with Crippen LogP contribution in [-0.2, 0) is 36.6 Å². The van der Waals surface area contributed by atoms with Crippen molar-refractivity contribution in [3.63, 3.8) is 0 Å². The second kappa shape index (κ2) is 10.0. The van der Waals surface area contributed by atoms with Crippen LogP contribution >= 0.6 is 0 Å². The summed E-state index contributed by atoms with van der Waals surface area (Å²) < 4.78 is 28.8. The summed E-state index contributed by atoms with van der Waals surface area (Å²) in [6.07, 6.45) is 4.65. The fraction of sp³-hybridized carbons (Fsp3) is 0.125. The van der Waals surface area contributed by atoms with Crippen LogP contribution < -0.4 is 0 Å². The van der Waals surface area contributed by atoms with E-state index >= 15 is 0 Å². The Bertz CT molecular complexity index is 878. The topological polar surface area (TPSA) is 106 Å². The van der Waals surface area contributed by atoms with Gasteiger partial charge in [-0.05, 0) is 18.6 Å². The van der Waals surface area contributed by atoms with Gasteiger partial charge in [-0.1, -0.05) is 13.0 Å². The molecular formula is C16H15IrN4O3S-. The molecule has 2 aromatic heterocycles. The van der Waals surface area contributed by atoms with Crippen molar-refractivity contribution < 1.29 is 33.1 Å². The maximum Gasteiger partial charge on any atom is 0.330 e. The summed E-state index contributed by atoms with van der Waals surface area (Å²) in [5, 5.41) is -0.637. The molecule has 7 nitrogen and oxygen atoms in total. The second-order valence-electron chi connectivity index (χ2n) is 4.78. The van der Waals surface area contributed by atoms with Gasteiger partial charge in [0, 0.05) is 32.0 Å². The summed E-state index contributed by atoms with van der Waals surface area (Å²) in [5.74, 6) is 0. The molecule has 0 saturated heterocycles. The molecule has 9 heteroatoms. The van der Waals surface area contributed by atoms with E-state index in [4.69, 9.17) is 4.55 Å². The number of rotatable bonds is 3. The maximum absolute atomic E-state index is 10.2. The van der Waals surface area contributed by atoms with E-state index in [0.29, 0.717) is 0 Å². The fourth-order valence-corrected chi connectivity index (χ4v) is 2.17. The van der Waals surface area contributed by atoms with Gasteiger partial charge in [-0.3, -0.25) is 9.54 Å². The van der Waals surface area contributed by atoms with Gasteiger partial charge in [0.1, 0.15) is 12.7 Å². The molecule has 0 atom stereocenters. The summed E-state index contributed by atoms with van der Waals surface area (Å²) in [7, 11) is -4.27. The molecule has 3 aromatic rings. The normalized spacial score (nSPS) is 10.2. The minimum atomic E-state index is -4.27. The monoisotopic (exact) mass is 536 g/mol. The Kier molecular flexibility index (Phi) is 8.43. The number of hydrogen-bond donors (Lipinski definition) is 1. The van der Waals surface area contributed by atoms with E-state index < -0.39 is 15.3 Å². The third kappa shape index (κ3) is 7.57. The zero-order valence-corrected chi connectivity index (χ0v) is 16.4. The van der Waals surface area contributed by atoms with Crippen molar-refractivity contribution in [1.29, 1.82) is 0 Å². The van der Waals surface area contributed by atoms with E-state index in [1.54, 1.807) is 0 Å². The minimum absolute atomic E-state index is 0. The van der Waals surface area contributed by atoms with Gasteiger partial charge in [-0.15, -0.1) is 0 Å². The molecule has 133 valence electrons. The van der Waals surface area contributed by atoms with Gasteiger partial charge in [-0.25, -0.2) is 15.0 Å². The largest absolute Gasteiger partial charge is 0.330 e. The molecular weight excluding hydrogens is 520 g/mol.